The quantitative estimate of drug-likeness (QED) is 0.391. The number of thioether (sulfide) groups is 1. The molecule has 1 aromatic carbocycles. The maximum Gasteiger partial charge on any atom is 0.272 e. The number of hydrogen-bond donors (Lipinski definition) is 1. The van der Waals surface area contributed by atoms with E-state index in [1.165, 1.54) is 23.1 Å². The molecule has 0 saturated carbocycles. The lowest BCUT2D eigenvalue weighted by atomic mass is 10.2. The van der Waals surface area contributed by atoms with Crippen LogP contribution < -0.4 is 10.9 Å². The Labute approximate surface area is 174 Å². The number of hydrogen-bond acceptors (Lipinski definition) is 5. The van der Waals surface area contributed by atoms with Crippen molar-refractivity contribution in [2.75, 3.05) is 11.1 Å². The predicted molar refractivity (Wildman–Crippen MR) is 117 cm³/mol. The van der Waals surface area contributed by atoms with Crippen LogP contribution in [0.4, 0.5) is 5.69 Å². The third kappa shape index (κ3) is 4.80. The maximum atomic E-state index is 12.7. The molecule has 0 spiro atoms. The number of benzene rings is 1. The highest BCUT2D eigenvalue weighted by Gasteiger charge is 2.14. The van der Waals surface area contributed by atoms with Crippen molar-refractivity contribution in [1.82, 2.24) is 9.55 Å². The molecule has 3 aromatic rings. The smallest absolute Gasteiger partial charge is 0.272 e. The standard InChI is InChI=1S/C19H20BrN3O2S2/c1-3-4-8-23-18(25)17-15(7-9-26-17)22-19(23)27-11-16(24)21-14-6-5-12(2)10-13(14)20/h5-7,9-10H,3-4,8,11H2,1-2H3,(H,21,24). The highest BCUT2D eigenvalue weighted by Crippen LogP contribution is 2.25. The van der Waals surface area contributed by atoms with Gasteiger partial charge in [-0.2, -0.15) is 0 Å². The Morgan fingerprint density at radius 3 is 2.93 bits per heavy atom. The van der Waals surface area contributed by atoms with Crippen LogP contribution in [-0.4, -0.2) is 21.2 Å². The fourth-order valence-corrected chi connectivity index (χ4v) is 4.78. The van der Waals surface area contributed by atoms with E-state index in [1.54, 1.807) is 4.57 Å². The molecule has 5 nitrogen and oxygen atoms in total. The van der Waals surface area contributed by atoms with Crippen LogP contribution in [0.5, 0.6) is 0 Å². The van der Waals surface area contributed by atoms with Gasteiger partial charge in [0.05, 0.1) is 17.0 Å². The molecule has 0 fully saturated rings. The van der Waals surface area contributed by atoms with Crippen LogP contribution in [0.15, 0.2) is 44.1 Å². The molecule has 0 atom stereocenters. The van der Waals surface area contributed by atoms with Gasteiger partial charge in [0.2, 0.25) is 5.91 Å². The molecule has 2 heterocycles. The van der Waals surface area contributed by atoms with Crippen molar-refractivity contribution in [3.63, 3.8) is 0 Å². The molecule has 0 aliphatic carbocycles. The largest absolute Gasteiger partial charge is 0.324 e. The summed E-state index contributed by atoms with van der Waals surface area (Å²) in [5.74, 6) is 0.0559. The molecule has 3 rings (SSSR count). The zero-order valence-corrected chi connectivity index (χ0v) is 18.3. The van der Waals surface area contributed by atoms with Crippen LogP contribution in [0.1, 0.15) is 25.3 Å². The number of unbranched alkanes of at least 4 members (excludes halogenated alkanes) is 1. The van der Waals surface area contributed by atoms with Crippen molar-refractivity contribution in [1.29, 1.82) is 0 Å². The van der Waals surface area contributed by atoms with E-state index in [4.69, 9.17) is 0 Å². The lowest BCUT2D eigenvalue weighted by molar-refractivity contribution is -0.113. The van der Waals surface area contributed by atoms with Crippen LogP contribution >= 0.6 is 39.0 Å². The Kier molecular flexibility index (Phi) is 6.73. The third-order valence-corrected chi connectivity index (χ3v) is 6.52. The molecule has 0 saturated heterocycles. The van der Waals surface area contributed by atoms with E-state index in [0.29, 0.717) is 21.9 Å². The highest BCUT2D eigenvalue weighted by molar-refractivity contribution is 9.10. The topological polar surface area (TPSA) is 64.0 Å². The highest BCUT2D eigenvalue weighted by atomic mass is 79.9. The number of carbonyl (C=O) groups is 1. The van der Waals surface area contributed by atoms with Gasteiger partial charge in [0.25, 0.3) is 5.56 Å². The Morgan fingerprint density at radius 1 is 1.37 bits per heavy atom. The van der Waals surface area contributed by atoms with Crippen LogP contribution in [0.25, 0.3) is 10.2 Å². The molecule has 1 amide bonds. The monoisotopic (exact) mass is 465 g/mol. The predicted octanol–water partition coefficient (Wildman–Crippen LogP) is 5.06. The second kappa shape index (κ2) is 9.03. The molecule has 27 heavy (non-hydrogen) atoms. The van der Waals surface area contributed by atoms with Gasteiger partial charge in [-0.05, 0) is 58.4 Å². The Balaban J connectivity index is 1.77. The van der Waals surface area contributed by atoms with E-state index in [-0.39, 0.29) is 17.2 Å². The molecule has 1 N–H and O–H groups in total. The van der Waals surface area contributed by atoms with Crippen molar-refractivity contribution in [3.8, 4) is 0 Å². The number of anilines is 1. The van der Waals surface area contributed by atoms with Crippen LogP contribution in [0.2, 0.25) is 0 Å². The van der Waals surface area contributed by atoms with Gasteiger partial charge in [-0.15, -0.1) is 11.3 Å². The number of fused-ring (bicyclic) bond motifs is 1. The van der Waals surface area contributed by atoms with Crippen LogP contribution in [-0.2, 0) is 11.3 Å². The van der Waals surface area contributed by atoms with E-state index in [0.717, 1.165) is 28.6 Å². The number of thiophene rings is 1. The first kappa shape index (κ1) is 20.1. The van der Waals surface area contributed by atoms with Crippen LogP contribution in [0.3, 0.4) is 0 Å². The normalized spacial score (nSPS) is 11.1. The second-order valence-electron chi connectivity index (χ2n) is 6.16. The number of carbonyl (C=O) groups excluding carboxylic acids is 1. The first-order valence-corrected chi connectivity index (χ1v) is 11.3. The Hall–Kier alpha value is -1.64. The van der Waals surface area contributed by atoms with Crippen molar-refractivity contribution < 1.29 is 4.79 Å². The lowest BCUT2D eigenvalue weighted by Crippen LogP contribution is -2.23. The van der Waals surface area contributed by atoms with Crippen LogP contribution in [0, 0.1) is 6.92 Å². The molecule has 2 aromatic heterocycles. The summed E-state index contributed by atoms with van der Waals surface area (Å²) in [7, 11) is 0. The second-order valence-corrected chi connectivity index (χ2v) is 8.87. The number of nitrogens with one attached hydrogen (secondary N) is 1. The minimum absolute atomic E-state index is 0.0207. The van der Waals surface area contributed by atoms with Gasteiger partial charge >= 0.3 is 0 Å². The molecule has 0 aliphatic heterocycles. The Morgan fingerprint density at radius 2 is 2.19 bits per heavy atom. The molecule has 0 aliphatic rings. The number of aromatic nitrogens is 2. The van der Waals surface area contributed by atoms with Crippen molar-refractivity contribution >= 4 is 60.8 Å². The summed E-state index contributed by atoms with van der Waals surface area (Å²) in [6.07, 6.45) is 1.88. The van der Waals surface area contributed by atoms with Gasteiger partial charge in [-0.25, -0.2) is 4.98 Å². The number of halogens is 1. The number of rotatable bonds is 7. The molecule has 8 heteroatoms. The van der Waals surface area contributed by atoms with E-state index in [1.807, 2.05) is 36.6 Å². The maximum absolute atomic E-state index is 12.7. The lowest BCUT2D eigenvalue weighted by Gasteiger charge is -2.12. The third-order valence-electron chi connectivity index (χ3n) is 4.00. The van der Waals surface area contributed by atoms with Gasteiger partial charge in [0, 0.05) is 11.0 Å². The number of amides is 1. The SMILES string of the molecule is CCCCn1c(SCC(=O)Nc2ccc(C)cc2Br)nc2ccsc2c1=O. The van der Waals surface area contributed by atoms with Crippen molar-refractivity contribution in [3.05, 3.63) is 50.0 Å². The molecule has 142 valence electrons. The van der Waals surface area contributed by atoms with Crippen molar-refractivity contribution in [2.24, 2.45) is 0 Å². The molecule has 0 bridgehead atoms. The summed E-state index contributed by atoms with van der Waals surface area (Å²) in [5, 5.41) is 5.37. The van der Waals surface area contributed by atoms with Gasteiger partial charge < -0.3 is 5.32 Å². The minimum atomic E-state index is -0.133. The van der Waals surface area contributed by atoms with Crippen molar-refractivity contribution in [2.45, 2.75) is 38.4 Å². The van der Waals surface area contributed by atoms with E-state index in [9.17, 15) is 9.59 Å². The summed E-state index contributed by atoms with van der Waals surface area (Å²) in [4.78, 5) is 29.7. The van der Waals surface area contributed by atoms with E-state index >= 15 is 0 Å². The Bertz CT molecular complexity index is 1030. The number of aryl methyl sites for hydroxylation is 1. The molecule has 0 unspecified atom stereocenters. The van der Waals surface area contributed by atoms with Gasteiger partial charge in [-0.3, -0.25) is 14.2 Å². The summed E-state index contributed by atoms with van der Waals surface area (Å²) in [6, 6.07) is 7.62. The summed E-state index contributed by atoms with van der Waals surface area (Å²) >= 11 is 6.17. The minimum Gasteiger partial charge on any atom is -0.324 e. The molecular weight excluding hydrogens is 446 g/mol. The van der Waals surface area contributed by atoms with Gasteiger partial charge in [0.15, 0.2) is 5.16 Å². The summed E-state index contributed by atoms with van der Waals surface area (Å²) in [6.45, 7) is 4.69. The fourth-order valence-electron chi connectivity index (χ4n) is 2.58. The molecule has 0 radical (unpaired) electrons. The van der Waals surface area contributed by atoms with Gasteiger partial charge in [0.1, 0.15) is 4.70 Å². The van der Waals surface area contributed by atoms with Gasteiger partial charge in [-0.1, -0.05) is 31.2 Å². The number of nitrogens with zero attached hydrogens (tertiary/aromatic N) is 2. The average molecular weight is 466 g/mol. The summed E-state index contributed by atoms with van der Waals surface area (Å²) < 4.78 is 3.21. The average Bonchev–Trinajstić information content (AvgIpc) is 3.10. The zero-order valence-electron chi connectivity index (χ0n) is 15.1. The van der Waals surface area contributed by atoms with E-state index in [2.05, 4.69) is 33.2 Å². The fraction of sp³-hybridized carbons (Fsp3) is 0.316. The molecular formula is C19H20BrN3O2S2. The first-order chi connectivity index (χ1) is 13.0. The summed E-state index contributed by atoms with van der Waals surface area (Å²) in [5.41, 5.74) is 2.52. The zero-order chi connectivity index (χ0) is 19.4. The first-order valence-electron chi connectivity index (χ1n) is 8.66. The van der Waals surface area contributed by atoms with E-state index < -0.39 is 0 Å².